The molecule has 3 nitrogen and oxygen atoms in total. The van der Waals surface area contributed by atoms with Crippen molar-refractivity contribution in [2.24, 2.45) is 5.92 Å². The Hall–Kier alpha value is -0.330. The van der Waals surface area contributed by atoms with Crippen LogP contribution in [0, 0.1) is 5.92 Å². The van der Waals surface area contributed by atoms with Gasteiger partial charge in [0, 0.05) is 12.6 Å². The van der Waals surface area contributed by atoms with E-state index < -0.39 is 24.7 Å². The van der Waals surface area contributed by atoms with Crippen molar-refractivity contribution in [1.29, 1.82) is 0 Å². The van der Waals surface area contributed by atoms with Crippen molar-refractivity contribution < 1.29 is 23.0 Å². The zero-order valence-corrected chi connectivity index (χ0v) is 12.2. The Morgan fingerprint density at radius 3 is 2.40 bits per heavy atom. The molecule has 0 bridgehead atoms. The largest absolute Gasteiger partial charge is 0.390 e. The molecule has 0 aromatic heterocycles. The van der Waals surface area contributed by atoms with Gasteiger partial charge in [0.1, 0.15) is 0 Å². The van der Waals surface area contributed by atoms with Gasteiger partial charge < -0.3 is 15.2 Å². The van der Waals surface area contributed by atoms with Crippen LogP contribution in [-0.4, -0.2) is 42.7 Å². The van der Waals surface area contributed by atoms with Crippen LogP contribution in [0.4, 0.5) is 13.2 Å². The molecular formula is C14H26F3NO2. The van der Waals surface area contributed by atoms with E-state index in [1.54, 1.807) is 0 Å². The third-order valence-corrected chi connectivity index (χ3v) is 3.73. The highest BCUT2D eigenvalue weighted by Gasteiger charge is 2.30. The van der Waals surface area contributed by atoms with E-state index in [1.807, 2.05) is 0 Å². The predicted octanol–water partition coefficient (Wildman–Crippen LogP) is 2.87. The monoisotopic (exact) mass is 297 g/mol. The van der Waals surface area contributed by atoms with Gasteiger partial charge in [0.05, 0.1) is 25.2 Å². The minimum absolute atomic E-state index is 0.125. The first kappa shape index (κ1) is 17.7. The van der Waals surface area contributed by atoms with E-state index in [1.165, 1.54) is 6.92 Å². The van der Waals surface area contributed by atoms with E-state index in [2.05, 4.69) is 12.2 Å². The lowest BCUT2D eigenvalue weighted by atomic mass is 9.89. The van der Waals surface area contributed by atoms with Gasteiger partial charge in [-0.1, -0.05) is 6.92 Å². The van der Waals surface area contributed by atoms with Crippen LogP contribution in [0.3, 0.4) is 0 Å². The molecule has 1 rings (SSSR count). The van der Waals surface area contributed by atoms with Gasteiger partial charge in [0.15, 0.2) is 0 Å². The maximum atomic E-state index is 12.1. The SMILES string of the molecule is CC1CCC(OCC(O)CNC(C)CC(F)(F)F)CC1. The molecule has 0 aliphatic heterocycles. The van der Waals surface area contributed by atoms with Crippen LogP contribution in [0.2, 0.25) is 0 Å². The van der Waals surface area contributed by atoms with Crippen molar-refractivity contribution in [2.75, 3.05) is 13.2 Å². The second-order valence-electron chi connectivity index (χ2n) is 6.00. The highest BCUT2D eigenvalue weighted by atomic mass is 19.4. The maximum absolute atomic E-state index is 12.1. The van der Waals surface area contributed by atoms with Crippen LogP contribution in [0.1, 0.15) is 46.0 Å². The Bertz CT molecular complexity index is 266. The van der Waals surface area contributed by atoms with Gasteiger partial charge in [-0.15, -0.1) is 0 Å². The fraction of sp³-hybridized carbons (Fsp3) is 1.00. The fourth-order valence-electron chi connectivity index (χ4n) is 2.46. The molecule has 0 spiro atoms. The van der Waals surface area contributed by atoms with Crippen molar-refractivity contribution in [3.05, 3.63) is 0 Å². The summed E-state index contributed by atoms with van der Waals surface area (Å²) in [6.45, 7) is 3.99. The summed E-state index contributed by atoms with van der Waals surface area (Å²) in [4.78, 5) is 0. The number of rotatable bonds is 7. The zero-order chi connectivity index (χ0) is 15.2. The summed E-state index contributed by atoms with van der Waals surface area (Å²) in [5.74, 6) is 0.740. The number of alkyl halides is 3. The molecule has 0 amide bonds. The summed E-state index contributed by atoms with van der Waals surface area (Å²) >= 11 is 0. The second kappa shape index (κ2) is 8.20. The molecule has 0 saturated heterocycles. The molecule has 1 fully saturated rings. The van der Waals surface area contributed by atoms with E-state index in [-0.39, 0.29) is 19.3 Å². The Labute approximate surface area is 118 Å². The van der Waals surface area contributed by atoms with Crippen LogP contribution in [0.25, 0.3) is 0 Å². The Morgan fingerprint density at radius 2 is 1.85 bits per heavy atom. The normalized spacial score (nSPS) is 27.3. The minimum Gasteiger partial charge on any atom is -0.389 e. The topological polar surface area (TPSA) is 41.5 Å². The van der Waals surface area contributed by atoms with Gasteiger partial charge in [-0.2, -0.15) is 13.2 Å². The van der Waals surface area contributed by atoms with Crippen LogP contribution < -0.4 is 5.32 Å². The first-order chi connectivity index (χ1) is 9.26. The zero-order valence-electron chi connectivity index (χ0n) is 12.2. The summed E-state index contributed by atoms with van der Waals surface area (Å²) in [5.41, 5.74) is 0. The summed E-state index contributed by atoms with van der Waals surface area (Å²) < 4.78 is 42.0. The highest BCUT2D eigenvalue weighted by Crippen LogP contribution is 2.25. The first-order valence-corrected chi connectivity index (χ1v) is 7.36. The van der Waals surface area contributed by atoms with E-state index in [0.29, 0.717) is 0 Å². The van der Waals surface area contributed by atoms with Crippen molar-refractivity contribution in [3.8, 4) is 0 Å². The van der Waals surface area contributed by atoms with Gasteiger partial charge in [0.2, 0.25) is 0 Å². The smallest absolute Gasteiger partial charge is 0.389 e. The van der Waals surface area contributed by atoms with Gasteiger partial charge in [-0.3, -0.25) is 0 Å². The van der Waals surface area contributed by atoms with Gasteiger partial charge in [0.25, 0.3) is 0 Å². The highest BCUT2D eigenvalue weighted by molar-refractivity contribution is 4.72. The lowest BCUT2D eigenvalue weighted by molar-refractivity contribution is -0.139. The van der Waals surface area contributed by atoms with Crippen molar-refractivity contribution in [2.45, 2.75) is 70.4 Å². The molecule has 2 atom stereocenters. The van der Waals surface area contributed by atoms with Crippen LogP contribution >= 0.6 is 0 Å². The number of aliphatic hydroxyl groups excluding tert-OH is 1. The molecule has 120 valence electrons. The van der Waals surface area contributed by atoms with Crippen LogP contribution in [-0.2, 0) is 4.74 Å². The number of hydrogen-bond donors (Lipinski definition) is 2. The predicted molar refractivity (Wildman–Crippen MR) is 71.5 cm³/mol. The molecule has 20 heavy (non-hydrogen) atoms. The minimum atomic E-state index is -4.17. The quantitative estimate of drug-likeness (QED) is 0.759. The fourth-order valence-corrected chi connectivity index (χ4v) is 2.46. The van der Waals surface area contributed by atoms with E-state index in [0.717, 1.165) is 31.6 Å². The van der Waals surface area contributed by atoms with E-state index >= 15 is 0 Å². The molecule has 0 heterocycles. The molecule has 0 aromatic carbocycles. The standard InChI is InChI=1S/C14H26F3NO2/c1-10-3-5-13(6-4-10)20-9-12(19)8-18-11(2)7-14(15,16)17/h10-13,18-19H,3-9H2,1-2H3. The number of hydrogen-bond acceptors (Lipinski definition) is 3. The molecular weight excluding hydrogens is 271 g/mol. The Morgan fingerprint density at radius 1 is 1.25 bits per heavy atom. The molecule has 1 saturated carbocycles. The van der Waals surface area contributed by atoms with Crippen LogP contribution in [0.15, 0.2) is 0 Å². The molecule has 2 N–H and O–H groups in total. The van der Waals surface area contributed by atoms with E-state index in [9.17, 15) is 18.3 Å². The molecule has 1 aliphatic rings. The number of ether oxygens (including phenoxy) is 1. The molecule has 2 unspecified atom stereocenters. The van der Waals surface area contributed by atoms with Crippen molar-refractivity contribution >= 4 is 0 Å². The first-order valence-electron chi connectivity index (χ1n) is 7.36. The molecule has 0 aromatic rings. The van der Waals surface area contributed by atoms with Gasteiger partial charge >= 0.3 is 6.18 Å². The number of halogens is 3. The van der Waals surface area contributed by atoms with Crippen molar-refractivity contribution in [1.82, 2.24) is 5.32 Å². The maximum Gasteiger partial charge on any atom is 0.390 e. The van der Waals surface area contributed by atoms with Crippen LogP contribution in [0.5, 0.6) is 0 Å². The number of aliphatic hydroxyl groups is 1. The molecule has 1 aliphatic carbocycles. The Balaban J connectivity index is 2.09. The second-order valence-corrected chi connectivity index (χ2v) is 6.00. The van der Waals surface area contributed by atoms with Gasteiger partial charge in [-0.25, -0.2) is 0 Å². The average molecular weight is 297 g/mol. The number of nitrogens with one attached hydrogen (secondary N) is 1. The lowest BCUT2D eigenvalue weighted by Crippen LogP contribution is -2.39. The summed E-state index contributed by atoms with van der Waals surface area (Å²) in [6.07, 6.45) is -1.34. The Kier molecular flexibility index (Phi) is 7.26. The summed E-state index contributed by atoms with van der Waals surface area (Å²) in [6, 6.07) is -0.694. The third kappa shape index (κ3) is 8.07. The summed E-state index contributed by atoms with van der Waals surface area (Å²) in [7, 11) is 0. The lowest BCUT2D eigenvalue weighted by Gasteiger charge is -2.27. The summed E-state index contributed by atoms with van der Waals surface area (Å²) in [5, 5.41) is 12.4. The third-order valence-electron chi connectivity index (χ3n) is 3.73. The molecule has 6 heteroatoms. The average Bonchev–Trinajstić information content (AvgIpc) is 2.33. The van der Waals surface area contributed by atoms with Gasteiger partial charge in [-0.05, 0) is 38.5 Å². The van der Waals surface area contributed by atoms with E-state index in [4.69, 9.17) is 4.74 Å². The molecule has 0 radical (unpaired) electrons. The van der Waals surface area contributed by atoms with Crippen molar-refractivity contribution in [3.63, 3.8) is 0 Å².